The fourth-order valence-corrected chi connectivity index (χ4v) is 3.24. The Morgan fingerprint density at radius 1 is 1.08 bits per heavy atom. The van der Waals surface area contributed by atoms with Gasteiger partial charge in [-0.05, 0) is 36.8 Å². The first-order valence-corrected chi connectivity index (χ1v) is 9.33. The van der Waals surface area contributed by atoms with Gasteiger partial charge >= 0.3 is 0 Å². The van der Waals surface area contributed by atoms with E-state index in [2.05, 4.69) is 5.32 Å². The minimum absolute atomic E-state index is 0.0859. The van der Waals surface area contributed by atoms with E-state index in [1.807, 2.05) is 19.1 Å². The monoisotopic (exact) mass is 399 g/mol. The Balaban J connectivity index is 1.94. The summed E-state index contributed by atoms with van der Waals surface area (Å²) in [7, 11) is 3.12. The molecule has 1 N–H and O–H groups in total. The third-order valence-electron chi connectivity index (χ3n) is 3.50. The average molecular weight is 400 g/mol. The van der Waals surface area contributed by atoms with Crippen molar-refractivity contribution in [1.82, 2.24) is 0 Å². The summed E-state index contributed by atoms with van der Waals surface area (Å²) in [6, 6.07) is 10.7. The van der Waals surface area contributed by atoms with E-state index in [9.17, 15) is 4.79 Å². The van der Waals surface area contributed by atoms with Crippen molar-refractivity contribution in [3.63, 3.8) is 0 Å². The fraction of sp³-hybridized carbons (Fsp3) is 0.278. The highest BCUT2D eigenvalue weighted by Gasteiger charge is 2.15. The Morgan fingerprint density at radius 3 is 2.44 bits per heavy atom. The Morgan fingerprint density at radius 2 is 1.80 bits per heavy atom. The summed E-state index contributed by atoms with van der Waals surface area (Å²) in [6.45, 7) is 1.86. The molecule has 1 atom stereocenters. The standard InChI is InChI=1S/C18H19Cl2NO3S/c1-11(25-10-12-4-6-14(19)15(20)8-12)18(22)21-13-5-7-16(23-2)17(9-13)24-3/h4-9,11H,10H2,1-3H3,(H,21,22)/t11-/m0/s1. The molecule has 0 radical (unpaired) electrons. The number of thioether (sulfide) groups is 1. The molecule has 0 fully saturated rings. The maximum atomic E-state index is 12.4. The van der Waals surface area contributed by atoms with Crippen LogP contribution in [0.1, 0.15) is 12.5 Å². The van der Waals surface area contributed by atoms with E-state index in [0.29, 0.717) is 33.0 Å². The highest BCUT2D eigenvalue weighted by molar-refractivity contribution is 7.99. The molecule has 2 rings (SSSR count). The van der Waals surface area contributed by atoms with Crippen LogP contribution in [0.25, 0.3) is 0 Å². The van der Waals surface area contributed by atoms with E-state index in [4.69, 9.17) is 32.7 Å². The minimum atomic E-state index is -0.234. The smallest absolute Gasteiger partial charge is 0.237 e. The van der Waals surface area contributed by atoms with Gasteiger partial charge in [0.05, 0.1) is 29.5 Å². The van der Waals surface area contributed by atoms with Crippen LogP contribution in [0, 0.1) is 0 Å². The van der Waals surface area contributed by atoms with Crippen molar-refractivity contribution in [3.8, 4) is 11.5 Å². The van der Waals surface area contributed by atoms with Crippen LogP contribution < -0.4 is 14.8 Å². The summed E-state index contributed by atoms with van der Waals surface area (Å²) in [5, 5.41) is 3.69. The van der Waals surface area contributed by atoms with Gasteiger partial charge in [0, 0.05) is 17.5 Å². The van der Waals surface area contributed by atoms with Crippen LogP contribution in [-0.2, 0) is 10.5 Å². The molecule has 0 unspecified atom stereocenters. The lowest BCUT2D eigenvalue weighted by Crippen LogP contribution is -2.22. The number of hydrogen-bond donors (Lipinski definition) is 1. The molecule has 0 saturated heterocycles. The third kappa shape index (κ3) is 5.46. The molecule has 0 saturated carbocycles. The predicted molar refractivity (Wildman–Crippen MR) is 105 cm³/mol. The zero-order chi connectivity index (χ0) is 18.4. The van der Waals surface area contributed by atoms with Crippen LogP contribution in [0.4, 0.5) is 5.69 Å². The van der Waals surface area contributed by atoms with Crippen LogP contribution in [-0.4, -0.2) is 25.4 Å². The van der Waals surface area contributed by atoms with E-state index in [-0.39, 0.29) is 11.2 Å². The first-order chi connectivity index (χ1) is 11.9. The maximum Gasteiger partial charge on any atom is 0.237 e. The number of rotatable bonds is 7. The van der Waals surface area contributed by atoms with Crippen molar-refractivity contribution in [1.29, 1.82) is 0 Å². The van der Waals surface area contributed by atoms with Gasteiger partial charge in [0.2, 0.25) is 5.91 Å². The molecule has 0 aliphatic carbocycles. The molecule has 0 aliphatic heterocycles. The molecule has 7 heteroatoms. The van der Waals surface area contributed by atoms with Gasteiger partial charge in [-0.25, -0.2) is 0 Å². The second kappa shape index (κ2) is 9.22. The quantitative estimate of drug-likeness (QED) is 0.688. The summed E-state index contributed by atoms with van der Waals surface area (Å²) >= 11 is 13.4. The molecule has 0 aliphatic rings. The number of carbonyl (C=O) groups is 1. The van der Waals surface area contributed by atoms with Gasteiger partial charge in [-0.2, -0.15) is 0 Å². The first-order valence-electron chi connectivity index (χ1n) is 7.53. The third-order valence-corrected chi connectivity index (χ3v) is 5.46. The first kappa shape index (κ1) is 19.8. The van der Waals surface area contributed by atoms with Gasteiger partial charge in [0.15, 0.2) is 11.5 Å². The Kier molecular flexibility index (Phi) is 7.29. The maximum absolute atomic E-state index is 12.4. The lowest BCUT2D eigenvalue weighted by Gasteiger charge is -2.14. The van der Waals surface area contributed by atoms with Crippen molar-refractivity contribution in [2.24, 2.45) is 0 Å². The molecule has 0 bridgehead atoms. The lowest BCUT2D eigenvalue weighted by atomic mass is 10.2. The molecule has 0 spiro atoms. The summed E-state index contributed by atoms with van der Waals surface area (Å²) < 4.78 is 10.4. The molecular formula is C18H19Cl2NO3S. The van der Waals surface area contributed by atoms with E-state index in [1.165, 1.54) is 11.8 Å². The molecule has 2 aromatic rings. The van der Waals surface area contributed by atoms with E-state index >= 15 is 0 Å². The summed E-state index contributed by atoms with van der Waals surface area (Å²) in [5.74, 6) is 1.76. The van der Waals surface area contributed by atoms with Crippen molar-refractivity contribution in [3.05, 3.63) is 52.0 Å². The Hall–Kier alpha value is -1.56. The lowest BCUT2D eigenvalue weighted by molar-refractivity contribution is -0.115. The van der Waals surface area contributed by atoms with Crippen LogP contribution in [0.15, 0.2) is 36.4 Å². The van der Waals surface area contributed by atoms with Gasteiger partial charge in [-0.1, -0.05) is 29.3 Å². The minimum Gasteiger partial charge on any atom is -0.493 e. The number of halogens is 2. The molecular weight excluding hydrogens is 381 g/mol. The summed E-state index contributed by atoms with van der Waals surface area (Å²) in [4.78, 5) is 12.4. The second-order valence-electron chi connectivity index (χ2n) is 5.26. The van der Waals surface area contributed by atoms with Gasteiger partial charge in [0.1, 0.15) is 0 Å². The molecule has 25 heavy (non-hydrogen) atoms. The van der Waals surface area contributed by atoms with Gasteiger partial charge in [-0.3, -0.25) is 4.79 Å². The zero-order valence-corrected chi connectivity index (χ0v) is 16.5. The highest BCUT2D eigenvalue weighted by Crippen LogP contribution is 2.30. The van der Waals surface area contributed by atoms with E-state index in [0.717, 1.165) is 5.56 Å². The predicted octanol–water partition coefficient (Wildman–Crippen LogP) is 5.27. The van der Waals surface area contributed by atoms with Crippen molar-refractivity contribution < 1.29 is 14.3 Å². The Labute approximate surface area is 161 Å². The second-order valence-corrected chi connectivity index (χ2v) is 7.40. The number of amides is 1. The van der Waals surface area contributed by atoms with Crippen molar-refractivity contribution >= 4 is 46.6 Å². The topological polar surface area (TPSA) is 47.6 Å². The van der Waals surface area contributed by atoms with Crippen LogP contribution >= 0.6 is 35.0 Å². The SMILES string of the molecule is COc1ccc(NC(=O)[C@H](C)SCc2ccc(Cl)c(Cl)c2)cc1OC. The number of nitrogens with one attached hydrogen (secondary N) is 1. The van der Waals surface area contributed by atoms with Crippen molar-refractivity contribution in [2.75, 3.05) is 19.5 Å². The zero-order valence-electron chi connectivity index (χ0n) is 14.1. The average Bonchev–Trinajstić information content (AvgIpc) is 2.62. The highest BCUT2D eigenvalue weighted by atomic mass is 35.5. The number of carbonyl (C=O) groups excluding carboxylic acids is 1. The van der Waals surface area contributed by atoms with Crippen LogP contribution in [0.3, 0.4) is 0 Å². The Bertz CT molecular complexity index is 755. The van der Waals surface area contributed by atoms with Gasteiger partial charge in [-0.15, -0.1) is 11.8 Å². The normalized spacial score (nSPS) is 11.7. The molecule has 0 heterocycles. The van der Waals surface area contributed by atoms with Crippen LogP contribution in [0.5, 0.6) is 11.5 Å². The summed E-state index contributed by atoms with van der Waals surface area (Å²) in [5.41, 5.74) is 1.68. The summed E-state index contributed by atoms with van der Waals surface area (Å²) in [6.07, 6.45) is 0. The van der Waals surface area contributed by atoms with Gasteiger partial charge < -0.3 is 14.8 Å². The molecule has 134 valence electrons. The van der Waals surface area contributed by atoms with E-state index < -0.39 is 0 Å². The number of benzene rings is 2. The molecule has 0 aromatic heterocycles. The van der Waals surface area contributed by atoms with Crippen LogP contribution in [0.2, 0.25) is 10.0 Å². The molecule has 2 aromatic carbocycles. The molecule has 4 nitrogen and oxygen atoms in total. The number of anilines is 1. The van der Waals surface area contributed by atoms with Gasteiger partial charge in [0.25, 0.3) is 0 Å². The fourth-order valence-electron chi connectivity index (χ4n) is 2.08. The molecule has 1 amide bonds. The number of hydrogen-bond acceptors (Lipinski definition) is 4. The number of ether oxygens (including phenoxy) is 2. The number of methoxy groups -OCH3 is 2. The largest absolute Gasteiger partial charge is 0.493 e. The van der Waals surface area contributed by atoms with E-state index in [1.54, 1.807) is 38.5 Å². The van der Waals surface area contributed by atoms with Crippen molar-refractivity contribution in [2.45, 2.75) is 17.9 Å².